The van der Waals surface area contributed by atoms with Crippen molar-refractivity contribution in [2.45, 2.75) is 6.04 Å². The summed E-state index contributed by atoms with van der Waals surface area (Å²) in [5, 5.41) is 24.4. The fraction of sp³-hybridized carbons (Fsp3) is 0.0909. The van der Waals surface area contributed by atoms with Gasteiger partial charge in [-0.1, -0.05) is 17.2 Å². The number of allylic oxidation sites excluding steroid dienone is 1. The summed E-state index contributed by atoms with van der Waals surface area (Å²) in [7, 11) is 0. The maximum atomic E-state index is 12.9. The van der Waals surface area contributed by atoms with Crippen molar-refractivity contribution in [1.82, 2.24) is 20.2 Å². The molecule has 96 valence electrons. The number of carbonyl (C=O) groups is 1. The van der Waals surface area contributed by atoms with E-state index in [1.165, 1.54) is 22.9 Å². The molecule has 1 aliphatic rings. The van der Waals surface area contributed by atoms with E-state index in [4.69, 9.17) is 0 Å². The normalized spacial score (nSPS) is 17.3. The van der Waals surface area contributed by atoms with Crippen LogP contribution in [0.5, 0.6) is 0 Å². The molecule has 1 aliphatic heterocycles. The molecule has 0 saturated heterocycles. The Balaban J connectivity index is 2.09. The van der Waals surface area contributed by atoms with Crippen LogP contribution < -0.4 is 10.4 Å². The van der Waals surface area contributed by atoms with Gasteiger partial charge in [0.05, 0.1) is 11.7 Å². The first kappa shape index (κ1) is 11.3. The van der Waals surface area contributed by atoms with Crippen LogP contribution in [-0.2, 0) is 4.79 Å². The second-order valence-corrected chi connectivity index (χ2v) is 3.94. The van der Waals surface area contributed by atoms with Gasteiger partial charge in [-0.2, -0.15) is 4.68 Å². The van der Waals surface area contributed by atoms with E-state index in [9.17, 15) is 14.3 Å². The lowest BCUT2D eigenvalue weighted by atomic mass is 10.0. The molecular weight excluding hydrogens is 253 g/mol. The van der Waals surface area contributed by atoms with E-state index in [-0.39, 0.29) is 17.5 Å². The third-order valence-electron chi connectivity index (χ3n) is 2.76. The van der Waals surface area contributed by atoms with Gasteiger partial charge < -0.3 is 15.2 Å². The van der Waals surface area contributed by atoms with Gasteiger partial charge in [0.2, 0.25) is 5.95 Å². The third kappa shape index (κ3) is 1.92. The zero-order chi connectivity index (χ0) is 13.4. The Kier molecular flexibility index (Phi) is 2.48. The standard InChI is InChI=1S/C11H8FN5O2/c12-7-3-1-6(2-4-7)9-5-8(10(18)19)13-11-14-15-16-17(9)11/h1-5,9H,(H,18,19)(H,13,14,16)/p-1/t9-/m1/s1. The molecule has 2 aromatic rings. The summed E-state index contributed by atoms with van der Waals surface area (Å²) in [6, 6.07) is 5.13. The van der Waals surface area contributed by atoms with Gasteiger partial charge in [0.15, 0.2) is 0 Å². The van der Waals surface area contributed by atoms with Gasteiger partial charge in [0.1, 0.15) is 11.9 Å². The summed E-state index contributed by atoms with van der Waals surface area (Å²) in [5.74, 6) is -1.55. The number of fused-ring (bicyclic) bond motifs is 1. The van der Waals surface area contributed by atoms with Crippen molar-refractivity contribution in [2.24, 2.45) is 0 Å². The van der Waals surface area contributed by atoms with Crippen LogP contribution in [0.3, 0.4) is 0 Å². The van der Waals surface area contributed by atoms with Crippen LogP contribution >= 0.6 is 0 Å². The Bertz CT molecular complexity index is 664. The molecular formula is C11H7FN5O2-. The number of halogens is 1. The van der Waals surface area contributed by atoms with E-state index in [2.05, 4.69) is 20.8 Å². The number of aromatic nitrogens is 4. The molecule has 2 heterocycles. The molecule has 3 rings (SSSR count). The Labute approximate surface area is 106 Å². The van der Waals surface area contributed by atoms with Crippen molar-refractivity contribution in [3.05, 3.63) is 47.4 Å². The Morgan fingerprint density at radius 3 is 2.79 bits per heavy atom. The topological polar surface area (TPSA) is 95.8 Å². The van der Waals surface area contributed by atoms with Crippen molar-refractivity contribution in [2.75, 3.05) is 5.32 Å². The molecule has 0 bridgehead atoms. The number of rotatable bonds is 2. The predicted molar refractivity (Wildman–Crippen MR) is 59.1 cm³/mol. The lowest BCUT2D eigenvalue weighted by Gasteiger charge is -2.23. The summed E-state index contributed by atoms with van der Waals surface area (Å²) >= 11 is 0. The SMILES string of the molecule is O=C([O-])C1=C[C@H](c2ccc(F)cc2)n2nnnc2N1. The molecule has 0 fully saturated rings. The smallest absolute Gasteiger partial charge is 0.248 e. The minimum atomic E-state index is -1.36. The fourth-order valence-electron chi connectivity index (χ4n) is 1.87. The van der Waals surface area contributed by atoms with E-state index in [1.807, 2.05) is 0 Å². The van der Waals surface area contributed by atoms with Crippen LogP contribution in [0.25, 0.3) is 0 Å². The summed E-state index contributed by atoms with van der Waals surface area (Å²) in [4.78, 5) is 10.9. The molecule has 1 aromatic carbocycles. The zero-order valence-corrected chi connectivity index (χ0v) is 9.45. The lowest BCUT2D eigenvalue weighted by Crippen LogP contribution is -2.32. The summed E-state index contributed by atoms with van der Waals surface area (Å²) in [6.07, 6.45) is 1.41. The number of anilines is 1. The number of aliphatic carboxylic acids is 1. The van der Waals surface area contributed by atoms with Crippen molar-refractivity contribution in [3.63, 3.8) is 0 Å². The number of hydrogen-bond acceptors (Lipinski definition) is 6. The summed E-state index contributed by atoms with van der Waals surface area (Å²) < 4.78 is 14.3. The third-order valence-corrected chi connectivity index (χ3v) is 2.76. The highest BCUT2D eigenvalue weighted by Gasteiger charge is 2.23. The highest BCUT2D eigenvalue weighted by atomic mass is 19.1. The predicted octanol–water partition coefficient (Wildman–Crippen LogP) is -0.539. The zero-order valence-electron chi connectivity index (χ0n) is 9.45. The molecule has 7 nitrogen and oxygen atoms in total. The van der Waals surface area contributed by atoms with Crippen LogP contribution in [0.1, 0.15) is 11.6 Å². The molecule has 0 unspecified atom stereocenters. The van der Waals surface area contributed by atoms with Gasteiger partial charge in [0, 0.05) is 0 Å². The van der Waals surface area contributed by atoms with Crippen LogP contribution in [0.2, 0.25) is 0 Å². The molecule has 0 amide bonds. The molecule has 0 aliphatic carbocycles. The largest absolute Gasteiger partial charge is 0.543 e. The minimum absolute atomic E-state index is 0.128. The van der Waals surface area contributed by atoms with E-state index < -0.39 is 12.0 Å². The van der Waals surface area contributed by atoms with Crippen LogP contribution in [0.15, 0.2) is 36.0 Å². The molecule has 0 saturated carbocycles. The van der Waals surface area contributed by atoms with Gasteiger partial charge in [0.25, 0.3) is 0 Å². The number of carboxylic acid groups (broad SMARTS) is 1. The monoisotopic (exact) mass is 260 g/mol. The summed E-state index contributed by atoms with van der Waals surface area (Å²) in [5.41, 5.74) is 0.534. The lowest BCUT2D eigenvalue weighted by molar-refractivity contribution is -0.299. The minimum Gasteiger partial charge on any atom is -0.543 e. The van der Waals surface area contributed by atoms with Crippen LogP contribution in [-0.4, -0.2) is 26.2 Å². The van der Waals surface area contributed by atoms with Crippen LogP contribution in [0.4, 0.5) is 10.3 Å². The molecule has 0 radical (unpaired) electrons. The number of tetrazole rings is 1. The number of nitrogens with one attached hydrogen (secondary N) is 1. The molecule has 8 heteroatoms. The maximum Gasteiger partial charge on any atom is 0.248 e. The molecule has 1 aromatic heterocycles. The second-order valence-electron chi connectivity index (χ2n) is 3.94. The number of carboxylic acids is 1. The molecule has 1 atom stereocenters. The second kappa shape index (κ2) is 4.16. The number of nitrogens with zero attached hydrogens (tertiary/aromatic N) is 4. The summed E-state index contributed by atoms with van der Waals surface area (Å²) in [6.45, 7) is 0. The number of hydrogen-bond donors (Lipinski definition) is 1. The Morgan fingerprint density at radius 2 is 2.11 bits per heavy atom. The van der Waals surface area contributed by atoms with E-state index in [0.717, 1.165) is 0 Å². The molecule has 19 heavy (non-hydrogen) atoms. The van der Waals surface area contributed by atoms with Crippen molar-refractivity contribution in [1.29, 1.82) is 0 Å². The van der Waals surface area contributed by atoms with Crippen LogP contribution in [0, 0.1) is 5.82 Å². The average molecular weight is 260 g/mol. The molecule has 0 spiro atoms. The van der Waals surface area contributed by atoms with Gasteiger partial charge in [-0.25, -0.2) is 4.39 Å². The highest BCUT2D eigenvalue weighted by Crippen LogP contribution is 2.27. The highest BCUT2D eigenvalue weighted by molar-refractivity contribution is 5.88. The fourth-order valence-corrected chi connectivity index (χ4v) is 1.87. The van der Waals surface area contributed by atoms with Gasteiger partial charge in [-0.05, 0) is 34.2 Å². The first-order valence-electron chi connectivity index (χ1n) is 5.38. The Hall–Kier alpha value is -2.77. The van der Waals surface area contributed by atoms with Crippen molar-refractivity contribution in [3.8, 4) is 0 Å². The van der Waals surface area contributed by atoms with Crippen molar-refractivity contribution < 1.29 is 14.3 Å². The first-order chi connectivity index (χ1) is 9.15. The number of carbonyl (C=O) groups excluding carboxylic acids is 1. The van der Waals surface area contributed by atoms with Gasteiger partial charge in [-0.3, -0.25) is 0 Å². The van der Waals surface area contributed by atoms with E-state index in [1.54, 1.807) is 12.1 Å². The Morgan fingerprint density at radius 1 is 1.37 bits per heavy atom. The van der Waals surface area contributed by atoms with Gasteiger partial charge in [-0.15, -0.1) is 0 Å². The first-order valence-corrected chi connectivity index (χ1v) is 5.38. The maximum absolute atomic E-state index is 12.9. The van der Waals surface area contributed by atoms with Gasteiger partial charge >= 0.3 is 0 Å². The quantitative estimate of drug-likeness (QED) is 0.779. The van der Waals surface area contributed by atoms with E-state index in [0.29, 0.717) is 5.56 Å². The van der Waals surface area contributed by atoms with Crippen molar-refractivity contribution >= 4 is 11.9 Å². The number of benzene rings is 1. The molecule has 1 N–H and O–H groups in total. The van der Waals surface area contributed by atoms with E-state index >= 15 is 0 Å². The average Bonchev–Trinajstić information content (AvgIpc) is 2.86.